The zero-order chi connectivity index (χ0) is 10.1. The predicted octanol–water partition coefficient (Wildman–Crippen LogP) is 4.06. The summed E-state index contributed by atoms with van der Waals surface area (Å²) in [4.78, 5) is 10.5. The molecule has 0 spiro atoms. The van der Waals surface area contributed by atoms with Gasteiger partial charge in [-0.25, -0.2) is 0 Å². The first kappa shape index (κ1) is 12.7. The van der Waals surface area contributed by atoms with Crippen LogP contribution in [-0.4, -0.2) is 5.24 Å². The monoisotopic (exact) mass is 202 g/mol. The summed E-state index contributed by atoms with van der Waals surface area (Å²) in [5.41, 5.74) is 1.09. The van der Waals surface area contributed by atoms with Crippen LogP contribution in [0.2, 0.25) is 0 Å². The molecule has 0 aromatic carbocycles. The normalized spacial score (nSPS) is 11.8. The SMILES string of the molecule is CCCCCCC=C(C)CC(=O)Cl. The molecule has 0 atom stereocenters. The number of unbranched alkanes of at least 4 members (excludes halogenated alkanes) is 4. The van der Waals surface area contributed by atoms with Crippen molar-refractivity contribution < 1.29 is 4.79 Å². The lowest BCUT2D eigenvalue weighted by molar-refractivity contribution is -0.111. The quantitative estimate of drug-likeness (QED) is 0.346. The molecule has 0 saturated heterocycles. The molecule has 0 aliphatic heterocycles. The summed E-state index contributed by atoms with van der Waals surface area (Å²) < 4.78 is 0. The van der Waals surface area contributed by atoms with E-state index in [0.29, 0.717) is 6.42 Å². The van der Waals surface area contributed by atoms with E-state index in [4.69, 9.17) is 11.6 Å². The highest BCUT2D eigenvalue weighted by Crippen LogP contribution is 2.08. The van der Waals surface area contributed by atoms with Gasteiger partial charge >= 0.3 is 0 Å². The summed E-state index contributed by atoms with van der Waals surface area (Å²) in [5.74, 6) is 0. The van der Waals surface area contributed by atoms with Crippen molar-refractivity contribution in [2.75, 3.05) is 0 Å². The van der Waals surface area contributed by atoms with Crippen LogP contribution in [-0.2, 0) is 4.79 Å². The van der Waals surface area contributed by atoms with E-state index in [2.05, 4.69) is 13.0 Å². The third-order valence-electron chi connectivity index (χ3n) is 1.97. The zero-order valence-corrected chi connectivity index (χ0v) is 9.36. The van der Waals surface area contributed by atoms with Gasteiger partial charge < -0.3 is 0 Å². The topological polar surface area (TPSA) is 17.1 Å². The first-order chi connectivity index (χ1) is 6.16. The lowest BCUT2D eigenvalue weighted by atomic mass is 10.1. The van der Waals surface area contributed by atoms with E-state index in [9.17, 15) is 4.79 Å². The molecule has 0 bridgehead atoms. The summed E-state index contributed by atoms with van der Waals surface area (Å²) in [6, 6.07) is 0. The van der Waals surface area contributed by atoms with Crippen LogP contribution in [0.5, 0.6) is 0 Å². The molecule has 0 aliphatic rings. The smallest absolute Gasteiger partial charge is 0.225 e. The molecule has 0 rings (SSSR count). The van der Waals surface area contributed by atoms with Crippen LogP contribution >= 0.6 is 11.6 Å². The van der Waals surface area contributed by atoms with Gasteiger partial charge in [0.1, 0.15) is 0 Å². The molecule has 0 amide bonds. The molecule has 0 heterocycles. The highest BCUT2D eigenvalue weighted by Gasteiger charge is 1.96. The molecule has 0 aromatic rings. The fourth-order valence-electron chi connectivity index (χ4n) is 1.21. The average molecular weight is 203 g/mol. The van der Waals surface area contributed by atoms with Crippen molar-refractivity contribution in [1.29, 1.82) is 0 Å². The van der Waals surface area contributed by atoms with E-state index in [1.165, 1.54) is 25.7 Å². The van der Waals surface area contributed by atoms with Crippen LogP contribution in [0.4, 0.5) is 0 Å². The molecule has 0 unspecified atom stereocenters. The summed E-state index contributed by atoms with van der Waals surface area (Å²) in [6.45, 7) is 4.16. The Balaban J connectivity index is 3.42. The van der Waals surface area contributed by atoms with E-state index in [-0.39, 0.29) is 5.24 Å². The second-order valence-corrected chi connectivity index (χ2v) is 3.85. The van der Waals surface area contributed by atoms with Crippen LogP contribution in [0.1, 0.15) is 52.4 Å². The van der Waals surface area contributed by atoms with Crippen molar-refractivity contribution in [3.8, 4) is 0 Å². The van der Waals surface area contributed by atoms with Crippen molar-refractivity contribution >= 4 is 16.8 Å². The number of carbonyl (C=O) groups is 1. The maximum atomic E-state index is 10.5. The molecule has 1 nitrogen and oxygen atoms in total. The highest BCUT2D eigenvalue weighted by atomic mass is 35.5. The van der Waals surface area contributed by atoms with Crippen molar-refractivity contribution in [1.82, 2.24) is 0 Å². The second kappa shape index (κ2) is 8.31. The van der Waals surface area contributed by atoms with Crippen LogP contribution in [0.15, 0.2) is 11.6 Å². The Bertz CT molecular complexity index is 173. The average Bonchev–Trinajstić information content (AvgIpc) is 2.02. The van der Waals surface area contributed by atoms with Crippen molar-refractivity contribution in [2.45, 2.75) is 52.4 Å². The van der Waals surface area contributed by atoms with Crippen LogP contribution in [0, 0.1) is 0 Å². The maximum Gasteiger partial charge on any atom is 0.225 e. The fraction of sp³-hybridized carbons (Fsp3) is 0.727. The van der Waals surface area contributed by atoms with Gasteiger partial charge in [0, 0.05) is 6.42 Å². The minimum absolute atomic E-state index is 0.262. The Morgan fingerprint density at radius 1 is 1.31 bits per heavy atom. The Kier molecular flexibility index (Phi) is 8.11. The second-order valence-electron chi connectivity index (χ2n) is 3.43. The first-order valence-corrected chi connectivity index (χ1v) is 5.38. The Hall–Kier alpha value is -0.300. The molecule has 0 aliphatic carbocycles. The van der Waals surface area contributed by atoms with Crippen LogP contribution < -0.4 is 0 Å². The number of carbonyl (C=O) groups excluding carboxylic acids is 1. The number of halogens is 1. The van der Waals surface area contributed by atoms with E-state index >= 15 is 0 Å². The molecule has 2 heteroatoms. The van der Waals surface area contributed by atoms with Crippen molar-refractivity contribution in [2.24, 2.45) is 0 Å². The third-order valence-corrected chi connectivity index (χ3v) is 2.10. The lowest BCUT2D eigenvalue weighted by Gasteiger charge is -1.97. The van der Waals surface area contributed by atoms with Gasteiger partial charge in [0.25, 0.3) is 0 Å². The zero-order valence-electron chi connectivity index (χ0n) is 8.61. The van der Waals surface area contributed by atoms with E-state index in [0.717, 1.165) is 12.0 Å². The van der Waals surface area contributed by atoms with Gasteiger partial charge in [0.2, 0.25) is 5.24 Å². The standard InChI is InChI=1S/C11H19ClO/c1-3-4-5-6-7-8-10(2)9-11(12)13/h8H,3-7,9H2,1-2H3. The Labute approximate surface area is 86.2 Å². The van der Waals surface area contributed by atoms with E-state index in [1.54, 1.807) is 0 Å². The van der Waals surface area contributed by atoms with Gasteiger partial charge in [0.15, 0.2) is 0 Å². The highest BCUT2D eigenvalue weighted by molar-refractivity contribution is 6.63. The number of hydrogen-bond acceptors (Lipinski definition) is 1. The number of rotatable bonds is 7. The van der Waals surface area contributed by atoms with Crippen LogP contribution in [0.3, 0.4) is 0 Å². The molecular weight excluding hydrogens is 184 g/mol. The molecular formula is C11H19ClO. The molecule has 76 valence electrons. The summed E-state index contributed by atoms with van der Waals surface area (Å²) in [6.07, 6.45) is 8.68. The number of allylic oxidation sites excluding steroid dienone is 2. The van der Waals surface area contributed by atoms with E-state index < -0.39 is 0 Å². The van der Waals surface area contributed by atoms with Crippen molar-refractivity contribution in [3.63, 3.8) is 0 Å². The maximum absolute atomic E-state index is 10.5. The number of hydrogen-bond donors (Lipinski definition) is 0. The van der Waals surface area contributed by atoms with Gasteiger partial charge in [-0.3, -0.25) is 4.79 Å². The third kappa shape index (κ3) is 9.62. The molecule has 13 heavy (non-hydrogen) atoms. The van der Waals surface area contributed by atoms with Gasteiger partial charge in [-0.15, -0.1) is 0 Å². The molecule has 0 fully saturated rings. The first-order valence-electron chi connectivity index (χ1n) is 5.00. The van der Waals surface area contributed by atoms with Gasteiger partial charge in [-0.1, -0.05) is 37.8 Å². The molecule has 0 N–H and O–H groups in total. The van der Waals surface area contributed by atoms with Gasteiger partial charge in [-0.05, 0) is 31.4 Å². The van der Waals surface area contributed by atoms with Gasteiger partial charge in [-0.2, -0.15) is 0 Å². The van der Waals surface area contributed by atoms with Crippen LogP contribution in [0.25, 0.3) is 0 Å². The minimum Gasteiger partial charge on any atom is -0.281 e. The Morgan fingerprint density at radius 2 is 2.00 bits per heavy atom. The Morgan fingerprint density at radius 3 is 2.54 bits per heavy atom. The fourth-order valence-corrected chi connectivity index (χ4v) is 1.42. The van der Waals surface area contributed by atoms with Crippen molar-refractivity contribution in [3.05, 3.63) is 11.6 Å². The minimum atomic E-state index is -0.262. The molecule has 0 aromatic heterocycles. The summed E-state index contributed by atoms with van der Waals surface area (Å²) >= 11 is 5.26. The largest absolute Gasteiger partial charge is 0.281 e. The summed E-state index contributed by atoms with van der Waals surface area (Å²) in [5, 5.41) is -0.262. The molecule has 0 saturated carbocycles. The lowest BCUT2D eigenvalue weighted by Crippen LogP contribution is -1.87. The van der Waals surface area contributed by atoms with Gasteiger partial charge in [0.05, 0.1) is 0 Å². The molecule has 0 radical (unpaired) electrons. The van der Waals surface area contributed by atoms with E-state index in [1.807, 2.05) is 6.92 Å². The predicted molar refractivity (Wildman–Crippen MR) is 58.0 cm³/mol. The summed E-state index contributed by atoms with van der Waals surface area (Å²) in [7, 11) is 0.